The molecule has 2 aliphatic heterocycles. The maximum Gasteiger partial charge on any atom is 0.352 e. The first-order valence-corrected chi connectivity index (χ1v) is 10.3. The van der Waals surface area contributed by atoms with Gasteiger partial charge in [0.15, 0.2) is 0 Å². The first-order chi connectivity index (χ1) is 13.6. The van der Waals surface area contributed by atoms with Crippen molar-refractivity contribution in [2.45, 2.75) is 31.4 Å². The largest absolute Gasteiger partial charge is 0.477 e. The Hall–Kier alpha value is -2.57. The van der Waals surface area contributed by atoms with Crippen molar-refractivity contribution in [1.29, 1.82) is 0 Å². The van der Waals surface area contributed by atoms with Crippen LogP contribution in [-0.4, -0.2) is 44.0 Å². The second kappa shape index (κ2) is 7.81. The fourth-order valence-electron chi connectivity index (χ4n) is 3.85. The zero-order valence-corrected chi connectivity index (χ0v) is 16.4. The van der Waals surface area contributed by atoms with E-state index in [1.165, 1.54) is 4.90 Å². The van der Waals surface area contributed by atoms with Crippen LogP contribution in [0, 0.1) is 0 Å². The van der Waals surface area contributed by atoms with Crippen LogP contribution >= 0.6 is 11.8 Å². The van der Waals surface area contributed by atoms with Crippen LogP contribution in [0.3, 0.4) is 0 Å². The number of hydrogen-bond acceptors (Lipinski definition) is 4. The van der Waals surface area contributed by atoms with E-state index >= 15 is 0 Å². The Bertz CT molecular complexity index is 872. The van der Waals surface area contributed by atoms with Gasteiger partial charge in [0.1, 0.15) is 17.1 Å². The van der Waals surface area contributed by atoms with Crippen molar-refractivity contribution in [1.82, 2.24) is 9.80 Å². The monoisotopic (exact) mass is 394 g/mol. The lowest BCUT2D eigenvalue weighted by molar-refractivity contribution is -0.155. The van der Waals surface area contributed by atoms with E-state index in [9.17, 15) is 14.7 Å². The van der Waals surface area contributed by atoms with Gasteiger partial charge in [0.25, 0.3) is 0 Å². The van der Waals surface area contributed by atoms with Gasteiger partial charge in [0, 0.05) is 18.8 Å². The third kappa shape index (κ3) is 3.45. The number of amides is 1. The number of carboxylic acid groups (broad SMARTS) is 1. The topological polar surface area (TPSA) is 60.9 Å². The van der Waals surface area contributed by atoms with Gasteiger partial charge >= 0.3 is 5.97 Å². The summed E-state index contributed by atoms with van der Waals surface area (Å²) in [4.78, 5) is 28.4. The maximum absolute atomic E-state index is 13.1. The number of aliphatic carboxylic acids is 1. The fraction of sp³-hybridized carbons (Fsp3) is 0.273. The van der Waals surface area contributed by atoms with Crippen molar-refractivity contribution in [2.75, 3.05) is 5.75 Å². The first-order valence-electron chi connectivity index (χ1n) is 9.26. The summed E-state index contributed by atoms with van der Waals surface area (Å²) >= 11 is 1.65. The highest BCUT2D eigenvalue weighted by Gasteiger charge is 2.55. The van der Waals surface area contributed by atoms with E-state index in [1.807, 2.05) is 36.4 Å². The van der Waals surface area contributed by atoms with Crippen LogP contribution in [0.2, 0.25) is 0 Å². The number of fused-ring (bicyclic) bond motifs is 1. The summed E-state index contributed by atoms with van der Waals surface area (Å²) in [5, 5.41) is 9.41. The predicted octanol–water partition coefficient (Wildman–Crippen LogP) is 3.33. The minimum absolute atomic E-state index is 0.124. The molecule has 2 unspecified atom stereocenters. The van der Waals surface area contributed by atoms with E-state index in [4.69, 9.17) is 0 Å². The number of benzene rings is 2. The minimum Gasteiger partial charge on any atom is -0.477 e. The Kier molecular flexibility index (Phi) is 5.24. The third-order valence-electron chi connectivity index (χ3n) is 5.18. The molecule has 0 bridgehead atoms. The van der Waals surface area contributed by atoms with Crippen molar-refractivity contribution < 1.29 is 14.7 Å². The molecule has 1 fully saturated rings. The number of thioether (sulfide) groups is 1. The normalized spacial score (nSPS) is 21.5. The number of carbonyl (C=O) groups excluding carboxylic acids is 1. The molecule has 6 heteroatoms. The van der Waals surface area contributed by atoms with Crippen LogP contribution in [0.15, 0.2) is 71.9 Å². The van der Waals surface area contributed by atoms with Crippen molar-refractivity contribution in [3.8, 4) is 0 Å². The Morgan fingerprint density at radius 1 is 1.07 bits per heavy atom. The molecule has 0 radical (unpaired) electrons. The number of rotatable bonds is 6. The molecule has 0 saturated carbocycles. The van der Waals surface area contributed by atoms with Gasteiger partial charge in [-0.1, -0.05) is 60.7 Å². The molecule has 1 N–H and O–H groups in total. The van der Waals surface area contributed by atoms with E-state index in [0.29, 0.717) is 18.8 Å². The smallest absolute Gasteiger partial charge is 0.352 e. The van der Waals surface area contributed by atoms with Gasteiger partial charge in [-0.25, -0.2) is 4.79 Å². The van der Waals surface area contributed by atoms with E-state index < -0.39 is 5.97 Å². The van der Waals surface area contributed by atoms with Gasteiger partial charge in [-0.2, -0.15) is 0 Å². The van der Waals surface area contributed by atoms with Crippen molar-refractivity contribution >= 4 is 23.6 Å². The van der Waals surface area contributed by atoms with Gasteiger partial charge in [-0.05, 0) is 23.6 Å². The quantitative estimate of drug-likeness (QED) is 0.762. The molecule has 2 heterocycles. The second-order valence-electron chi connectivity index (χ2n) is 7.16. The van der Waals surface area contributed by atoms with E-state index in [2.05, 4.69) is 29.2 Å². The molecule has 28 heavy (non-hydrogen) atoms. The van der Waals surface area contributed by atoms with Crippen LogP contribution in [-0.2, 0) is 22.7 Å². The van der Waals surface area contributed by atoms with Gasteiger partial charge < -0.3 is 5.11 Å². The van der Waals surface area contributed by atoms with Gasteiger partial charge in [-0.15, -0.1) is 11.8 Å². The van der Waals surface area contributed by atoms with Crippen LogP contribution in [0.4, 0.5) is 0 Å². The third-order valence-corrected chi connectivity index (χ3v) is 6.59. The molecule has 1 amide bonds. The van der Waals surface area contributed by atoms with Gasteiger partial charge in [0.2, 0.25) is 5.91 Å². The molecular formula is C22H22N2O3S. The number of hydrogen-bond donors (Lipinski definition) is 1. The fourth-order valence-corrected chi connectivity index (χ4v) is 5.23. The molecule has 2 atom stereocenters. The summed E-state index contributed by atoms with van der Waals surface area (Å²) in [5.41, 5.74) is 3.17. The van der Waals surface area contributed by atoms with E-state index in [0.717, 1.165) is 16.7 Å². The van der Waals surface area contributed by atoms with Crippen molar-refractivity contribution in [3.05, 3.63) is 83.1 Å². The molecule has 144 valence electrons. The lowest BCUT2D eigenvalue weighted by Gasteiger charge is -2.53. The van der Waals surface area contributed by atoms with Crippen LogP contribution in [0.25, 0.3) is 0 Å². The zero-order valence-electron chi connectivity index (χ0n) is 15.6. The molecule has 0 spiro atoms. The molecule has 4 rings (SSSR count). The Morgan fingerprint density at radius 3 is 2.11 bits per heavy atom. The summed E-state index contributed by atoms with van der Waals surface area (Å²) < 4.78 is 0. The molecule has 5 nitrogen and oxygen atoms in total. The van der Waals surface area contributed by atoms with E-state index in [-0.39, 0.29) is 23.0 Å². The average Bonchev–Trinajstić information content (AvgIpc) is 2.69. The standard InChI is InChI=1S/C22H22N2O3S/c1-15-14-28-21-19(20(25)24(21)18(15)22(26)27)23(12-16-8-4-2-5-9-16)13-17-10-6-3-7-11-17/h2-11,19,21H,12-14H2,1H3,(H,26,27). The molecule has 1 saturated heterocycles. The molecular weight excluding hydrogens is 372 g/mol. The summed E-state index contributed by atoms with van der Waals surface area (Å²) in [5.74, 6) is -0.509. The van der Waals surface area contributed by atoms with Crippen LogP contribution in [0.1, 0.15) is 18.1 Å². The second-order valence-corrected chi connectivity index (χ2v) is 8.27. The SMILES string of the molecule is CC1=C(C(=O)O)N2C(=O)C(N(Cc3ccccc3)Cc3ccccc3)C2SC1. The molecule has 2 aromatic rings. The predicted molar refractivity (Wildman–Crippen MR) is 109 cm³/mol. The van der Waals surface area contributed by atoms with E-state index in [1.54, 1.807) is 18.7 Å². The Morgan fingerprint density at radius 2 is 1.61 bits per heavy atom. The highest BCUT2D eigenvalue weighted by Crippen LogP contribution is 2.43. The lowest BCUT2D eigenvalue weighted by atomic mass is 9.99. The van der Waals surface area contributed by atoms with Crippen molar-refractivity contribution in [3.63, 3.8) is 0 Å². The molecule has 0 aliphatic carbocycles. The number of carbonyl (C=O) groups is 2. The molecule has 2 aliphatic rings. The number of nitrogens with zero attached hydrogens (tertiary/aromatic N) is 2. The Labute approximate surface area is 168 Å². The molecule has 0 aromatic heterocycles. The first kappa shape index (κ1) is 18.8. The zero-order chi connectivity index (χ0) is 19.7. The van der Waals surface area contributed by atoms with Gasteiger partial charge in [-0.3, -0.25) is 14.6 Å². The Balaban J connectivity index is 1.62. The van der Waals surface area contributed by atoms with Crippen LogP contribution < -0.4 is 0 Å². The maximum atomic E-state index is 13.1. The average molecular weight is 394 g/mol. The van der Waals surface area contributed by atoms with Crippen LogP contribution in [0.5, 0.6) is 0 Å². The van der Waals surface area contributed by atoms with Crippen molar-refractivity contribution in [2.24, 2.45) is 0 Å². The summed E-state index contributed by atoms with van der Waals surface area (Å²) in [6.07, 6.45) is 0. The molecule has 2 aromatic carbocycles. The lowest BCUT2D eigenvalue weighted by Crippen LogP contribution is -2.70. The summed E-state index contributed by atoms with van der Waals surface area (Å²) in [6, 6.07) is 19.8. The summed E-state index contributed by atoms with van der Waals surface area (Å²) in [7, 11) is 0. The summed E-state index contributed by atoms with van der Waals surface area (Å²) in [6.45, 7) is 3.07. The minimum atomic E-state index is -1.02. The number of carboxylic acids is 1. The van der Waals surface area contributed by atoms with Gasteiger partial charge in [0.05, 0.1) is 0 Å². The number of β-lactam (4-membered cyclic amide) rings is 1. The highest BCUT2D eigenvalue weighted by molar-refractivity contribution is 8.00. The highest BCUT2D eigenvalue weighted by atomic mass is 32.2.